The van der Waals surface area contributed by atoms with Crippen molar-refractivity contribution in [2.24, 2.45) is 0 Å². The Morgan fingerprint density at radius 2 is 1.96 bits per heavy atom. The summed E-state index contributed by atoms with van der Waals surface area (Å²) in [6.07, 6.45) is 1.73. The molecule has 1 aliphatic heterocycles. The zero-order valence-corrected chi connectivity index (χ0v) is 17.1. The quantitative estimate of drug-likeness (QED) is 0.786. The van der Waals surface area contributed by atoms with E-state index in [0.717, 1.165) is 16.3 Å². The van der Waals surface area contributed by atoms with E-state index in [1.807, 2.05) is 38.1 Å². The molecule has 0 bridgehead atoms. The minimum Gasteiger partial charge on any atom is -0.354 e. The van der Waals surface area contributed by atoms with Gasteiger partial charge in [-0.1, -0.05) is 6.07 Å². The van der Waals surface area contributed by atoms with E-state index in [4.69, 9.17) is 0 Å². The molecule has 1 aliphatic rings. The van der Waals surface area contributed by atoms with Crippen LogP contribution in [0.1, 0.15) is 20.1 Å². The summed E-state index contributed by atoms with van der Waals surface area (Å²) in [5.74, 6) is 0.556. The number of rotatable bonds is 6. The molecule has 2 aromatic rings. The first kappa shape index (κ1) is 19.8. The van der Waals surface area contributed by atoms with Gasteiger partial charge in [-0.15, -0.1) is 11.3 Å². The molecule has 1 N–H and O–H groups in total. The van der Waals surface area contributed by atoms with Crippen molar-refractivity contribution in [1.82, 2.24) is 14.6 Å². The van der Waals surface area contributed by atoms with Gasteiger partial charge in [0.05, 0.1) is 10.6 Å². The lowest BCUT2D eigenvalue weighted by Crippen LogP contribution is -2.50. The number of anilines is 1. The van der Waals surface area contributed by atoms with Crippen molar-refractivity contribution in [3.8, 4) is 0 Å². The first-order valence-corrected chi connectivity index (χ1v) is 11.3. The van der Waals surface area contributed by atoms with Gasteiger partial charge in [0.15, 0.2) is 0 Å². The normalized spacial score (nSPS) is 15.7. The number of pyridine rings is 1. The molecule has 0 radical (unpaired) electrons. The van der Waals surface area contributed by atoms with Gasteiger partial charge < -0.3 is 10.2 Å². The highest BCUT2D eigenvalue weighted by atomic mass is 32.2. The molecule has 9 heteroatoms. The first-order valence-electron chi connectivity index (χ1n) is 8.86. The first-order chi connectivity index (χ1) is 12.9. The molecule has 0 atom stereocenters. The van der Waals surface area contributed by atoms with Crippen LogP contribution < -0.4 is 10.2 Å². The van der Waals surface area contributed by atoms with Gasteiger partial charge in [-0.3, -0.25) is 4.79 Å². The lowest BCUT2D eigenvalue weighted by molar-refractivity contribution is 0.0960. The van der Waals surface area contributed by atoms with Crippen LogP contribution in [0.5, 0.6) is 0 Å². The lowest BCUT2D eigenvalue weighted by Gasteiger charge is -2.34. The molecule has 146 valence electrons. The Hall–Kier alpha value is -1.97. The summed E-state index contributed by atoms with van der Waals surface area (Å²) in [4.78, 5) is 20.2. The highest BCUT2D eigenvalue weighted by Gasteiger charge is 2.27. The fraction of sp³-hybridized carbons (Fsp3) is 0.444. The summed E-state index contributed by atoms with van der Waals surface area (Å²) >= 11 is 1.42. The monoisotopic (exact) mass is 408 g/mol. The number of nitrogens with zero attached hydrogens (tertiary/aromatic N) is 3. The topological polar surface area (TPSA) is 82.6 Å². The largest absolute Gasteiger partial charge is 0.354 e. The third kappa shape index (κ3) is 4.85. The molecule has 0 saturated carbocycles. The number of nitrogens with one attached hydrogen (secondary N) is 1. The predicted molar refractivity (Wildman–Crippen MR) is 108 cm³/mol. The number of aromatic nitrogens is 1. The van der Waals surface area contributed by atoms with Crippen molar-refractivity contribution in [1.29, 1.82) is 0 Å². The van der Waals surface area contributed by atoms with Crippen LogP contribution in [0.2, 0.25) is 0 Å². The minimum atomic E-state index is -3.39. The Bertz CT molecular complexity index is 869. The summed E-state index contributed by atoms with van der Waals surface area (Å²) in [7, 11) is -3.39. The number of hydrogen-bond acceptors (Lipinski definition) is 6. The van der Waals surface area contributed by atoms with Crippen LogP contribution in [-0.4, -0.2) is 62.1 Å². The van der Waals surface area contributed by atoms with Crippen molar-refractivity contribution < 1.29 is 13.2 Å². The molecule has 1 saturated heterocycles. The second-order valence-corrected chi connectivity index (χ2v) is 9.84. The molecule has 3 rings (SSSR count). The highest BCUT2D eigenvalue weighted by Crippen LogP contribution is 2.20. The van der Waals surface area contributed by atoms with Crippen LogP contribution in [-0.2, 0) is 10.0 Å². The van der Waals surface area contributed by atoms with Crippen LogP contribution in [0, 0.1) is 13.8 Å². The summed E-state index contributed by atoms with van der Waals surface area (Å²) < 4.78 is 26.6. The van der Waals surface area contributed by atoms with Crippen molar-refractivity contribution in [3.63, 3.8) is 0 Å². The number of carbonyl (C=O) groups is 1. The summed E-state index contributed by atoms with van der Waals surface area (Å²) in [6, 6.07) is 7.54. The van der Waals surface area contributed by atoms with E-state index in [-0.39, 0.29) is 18.2 Å². The smallest absolute Gasteiger partial charge is 0.261 e. The molecule has 2 aromatic heterocycles. The molecule has 0 aromatic carbocycles. The van der Waals surface area contributed by atoms with Gasteiger partial charge in [-0.25, -0.2) is 13.4 Å². The van der Waals surface area contributed by atoms with Crippen LogP contribution in [0.15, 0.2) is 30.5 Å². The fourth-order valence-electron chi connectivity index (χ4n) is 2.93. The Labute approximate surface area is 164 Å². The fourth-order valence-corrected chi connectivity index (χ4v) is 5.22. The number of thiophene rings is 1. The summed E-state index contributed by atoms with van der Waals surface area (Å²) in [6.45, 7) is 6.10. The second-order valence-electron chi connectivity index (χ2n) is 6.50. The average molecular weight is 409 g/mol. The number of carbonyl (C=O) groups excluding carboxylic acids is 1. The zero-order chi connectivity index (χ0) is 19.4. The molecule has 27 heavy (non-hydrogen) atoms. The Morgan fingerprint density at radius 1 is 1.22 bits per heavy atom. The molecular formula is C18H24N4O3S2. The number of hydrogen-bond donors (Lipinski definition) is 1. The van der Waals surface area contributed by atoms with Crippen molar-refractivity contribution in [2.45, 2.75) is 13.8 Å². The maximum atomic E-state index is 12.5. The summed E-state index contributed by atoms with van der Waals surface area (Å²) in [5.41, 5.74) is 1.07. The van der Waals surface area contributed by atoms with E-state index in [1.165, 1.54) is 15.6 Å². The van der Waals surface area contributed by atoms with Crippen LogP contribution in [0.4, 0.5) is 5.82 Å². The van der Waals surface area contributed by atoms with Crippen molar-refractivity contribution in [2.75, 3.05) is 43.4 Å². The number of sulfonamides is 1. The highest BCUT2D eigenvalue weighted by molar-refractivity contribution is 7.89. The molecule has 0 spiro atoms. The van der Waals surface area contributed by atoms with Gasteiger partial charge in [-0.05, 0) is 37.6 Å². The van der Waals surface area contributed by atoms with Crippen LogP contribution >= 0.6 is 11.3 Å². The predicted octanol–water partition coefficient (Wildman–Crippen LogP) is 1.64. The molecule has 0 unspecified atom stereocenters. The standard InChI is InChI=1S/C18H24N4O3S2/c1-14-13-16(26-15(14)2)18(23)20-7-12-27(24,25)22-10-8-21(9-11-22)17-5-3-4-6-19-17/h3-6,13H,7-12H2,1-2H3,(H,20,23). The molecule has 0 aliphatic carbocycles. The van der Waals surface area contributed by atoms with E-state index in [2.05, 4.69) is 15.2 Å². The second kappa shape index (κ2) is 8.37. The van der Waals surface area contributed by atoms with Crippen LogP contribution in [0.25, 0.3) is 0 Å². The number of piperazine rings is 1. The van der Waals surface area contributed by atoms with Gasteiger partial charge in [0.2, 0.25) is 10.0 Å². The van der Waals surface area contributed by atoms with Gasteiger partial charge in [0.25, 0.3) is 5.91 Å². The Kier molecular flexibility index (Phi) is 6.13. The number of aryl methyl sites for hydroxylation is 2. The molecule has 1 fully saturated rings. The average Bonchev–Trinajstić information content (AvgIpc) is 3.01. The molecule has 3 heterocycles. The van der Waals surface area contributed by atoms with Gasteiger partial charge in [-0.2, -0.15) is 4.31 Å². The Morgan fingerprint density at radius 3 is 2.56 bits per heavy atom. The van der Waals surface area contributed by atoms with Crippen LogP contribution in [0.3, 0.4) is 0 Å². The van der Waals surface area contributed by atoms with Gasteiger partial charge in [0.1, 0.15) is 5.82 Å². The van der Waals surface area contributed by atoms with Gasteiger partial charge in [0, 0.05) is 43.8 Å². The number of amides is 1. The van der Waals surface area contributed by atoms with E-state index in [1.54, 1.807) is 6.20 Å². The van der Waals surface area contributed by atoms with E-state index in [9.17, 15) is 13.2 Å². The third-order valence-electron chi connectivity index (χ3n) is 4.64. The van der Waals surface area contributed by atoms with Crippen molar-refractivity contribution in [3.05, 3.63) is 45.8 Å². The lowest BCUT2D eigenvalue weighted by atomic mass is 10.3. The van der Waals surface area contributed by atoms with E-state index < -0.39 is 10.0 Å². The zero-order valence-electron chi connectivity index (χ0n) is 15.5. The maximum absolute atomic E-state index is 12.5. The molecule has 7 nitrogen and oxygen atoms in total. The minimum absolute atomic E-state index is 0.0916. The van der Waals surface area contributed by atoms with E-state index in [0.29, 0.717) is 31.1 Å². The van der Waals surface area contributed by atoms with Gasteiger partial charge >= 0.3 is 0 Å². The van der Waals surface area contributed by atoms with Crippen molar-refractivity contribution >= 4 is 33.1 Å². The third-order valence-corrected chi connectivity index (χ3v) is 7.66. The molecule has 1 amide bonds. The maximum Gasteiger partial charge on any atom is 0.261 e. The molecular weight excluding hydrogens is 384 g/mol. The Balaban J connectivity index is 1.48. The SMILES string of the molecule is Cc1cc(C(=O)NCCS(=O)(=O)N2CCN(c3ccccn3)CC2)sc1C. The summed E-state index contributed by atoms with van der Waals surface area (Å²) in [5, 5.41) is 2.71. The van der Waals surface area contributed by atoms with E-state index >= 15 is 0 Å².